The lowest BCUT2D eigenvalue weighted by Gasteiger charge is -2.36. The molecule has 1 fully saturated rings. The molecule has 2 rings (SSSR count). The van der Waals surface area contributed by atoms with E-state index in [1.54, 1.807) is 6.26 Å². The Morgan fingerprint density at radius 1 is 1.48 bits per heavy atom. The maximum atomic E-state index is 4.87. The first-order valence-corrected chi connectivity index (χ1v) is 7.09. The summed E-state index contributed by atoms with van der Waals surface area (Å²) in [5.41, 5.74) is 0.991. The fourth-order valence-electron chi connectivity index (χ4n) is 2.24. The zero-order chi connectivity index (χ0) is 14.2. The number of nitrogens with one attached hydrogen (secondary N) is 1. The molecule has 0 aromatic carbocycles. The highest BCUT2D eigenvalue weighted by molar-refractivity contribution is 14.0. The summed E-state index contributed by atoms with van der Waals surface area (Å²) in [6.07, 6.45) is 3.44. The molecule has 0 saturated carbocycles. The lowest BCUT2D eigenvalue weighted by molar-refractivity contribution is 0.169. The number of guanidine groups is 1. The van der Waals surface area contributed by atoms with Crippen molar-refractivity contribution in [1.29, 1.82) is 0 Å². The third kappa shape index (κ3) is 5.66. The van der Waals surface area contributed by atoms with E-state index in [1.165, 1.54) is 0 Å². The van der Waals surface area contributed by atoms with Gasteiger partial charge in [-0.2, -0.15) is 0 Å². The Bertz CT molecular complexity index is 427. The van der Waals surface area contributed by atoms with Crippen molar-refractivity contribution in [1.82, 2.24) is 20.3 Å². The summed E-state index contributed by atoms with van der Waals surface area (Å²) in [6, 6.07) is 1.92. The van der Waals surface area contributed by atoms with Crippen molar-refractivity contribution in [3.8, 4) is 0 Å². The molecule has 0 radical (unpaired) electrons. The normalized spacial score (nSPS) is 16.4. The van der Waals surface area contributed by atoms with Crippen LogP contribution in [-0.2, 0) is 6.54 Å². The Morgan fingerprint density at radius 2 is 2.24 bits per heavy atom. The van der Waals surface area contributed by atoms with Gasteiger partial charge in [0.05, 0.1) is 12.2 Å². The van der Waals surface area contributed by atoms with Gasteiger partial charge in [-0.1, -0.05) is 11.2 Å². The molecule has 1 aliphatic heterocycles. The Hall–Kier alpha value is -1.09. The maximum Gasteiger partial charge on any atom is 0.194 e. The fraction of sp³-hybridized carbons (Fsp3) is 0.571. The molecule has 1 N–H and O–H groups in total. The van der Waals surface area contributed by atoms with Gasteiger partial charge < -0.3 is 14.7 Å². The van der Waals surface area contributed by atoms with Crippen LogP contribution in [0.15, 0.2) is 34.5 Å². The minimum atomic E-state index is 0. The van der Waals surface area contributed by atoms with Crippen LogP contribution in [0.5, 0.6) is 0 Å². The quantitative estimate of drug-likeness (QED) is 0.349. The second-order valence-electron chi connectivity index (χ2n) is 4.74. The van der Waals surface area contributed by atoms with Gasteiger partial charge in [-0.3, -0.25) is 4.90 Å². The first-order chi connectivity index (χ1) is 9.83. The minimum absolute atomic E-state index is 0. The monoisotopic (exact) mass is 405 g/mol. The number of aromatic nitrogens is 1. The minimum Gasteiger partial charge on any atom is -0.364 e. The van der Waals surface area contributed by atoms with E-state index in [4.69, 9.17) is 4.52 Å². The molecule has 6 nitrogen and oxygen atoms in total. The van der Waals surface area contributed by atoms with E-state index in [0.29, 0.717) is 6.54 Å². The number of halogens is 1. The van der Waals surface area contributed by atoms with Gasteiger partial charge in [0.1, 0.15) is 6.26 Å². The Balaban J connectivity index is 0.00000220. The largest absolute Gasteiger partial charge is 0.364 e. The molecule has 0 unspecified atom stereocenters. The van der Waals surface area contributed by atoms with Gasteiger partial charge in [0.2, 0.25) is 0 Å². The van der Waals surface area contributed by atoms with Crippen molar-refractivity contribution in [3.05, 3.63) is 30.7 Å². The van der Waals surface area contributed by atoms with E-state index in [0.717, 1.165) is 50.9 Å². The maximum absolute atomic E-state index is 4.87. The van der Waals surface area contributed by atoms with Gasteiger partial charge in [-0.15, -0.1) is 30.6 Å². The molecule has 1 saturated heterocycles. The van der Waals surface area contributed by atoms with Crippen LogP contribution in [0.2, 0.25) is 0 Å². The van der Waals surface area contributed by atoms with Crippen LogP contribution in [0.1, 0.15) is 12.6 Å². The molecule has 0 spiro atoms. The summed E-state index contributed by atoms with van der Waals surface area (Å²) in [5.74, 6) is 0.980. The molecule has 1 aliphatic rings. The number of hydrogen-bond donors (Lipinski definition) is 1. The number of hydrogen-bond acceptors (Lipinski definition) is 4. The highest BCUT2D eigenvalue weighted by Gasteiger charge is 2.19. The Labute approximate surface area is 143 Å². The van der Waals surface area contributed by atoms with Gasteiger partial charge in [0.15, 0.2) is 5.96 Å². The first kappa shape index (κ1) is 18.0. The standard InChI is InChI=1S/C14H23N5O.HI/c1-3-6-16-14(15-4-2)19-9-7-18(8-10-19)12-13-5-11-20-17-13;/h3,5,11H,1,4,6-10,12H2,2H3,(H,15,16);1H. The smallest absolute Gasteiger partial charge is 0.194 e. The molecular weight excluding hydrogens is 381 g/mol. The van der Waals surface area contributed by atoms with Crippen LogP contribution >= 0.6 is 24.0 Å². The van der Waals surface area contributed by atoms with E-state index in [-0.39, 0.29) is 24.0 Å². The predicted octanol–water partition coefficient (Wildman–Crippen LogP) is 1.56. The zero-order valence-corrected chi connectivity index (χ0v) is 14.8. The van der Waals surface area contributed by atoms with E-state index < -0.39 is 0 Å². The molecule has 1 aromatic rings. The van der Waals surface area contributed by atoms with Gasteiger partial charge in [-0.05, 0) is 6.92 Å². The molecule has 21 heavy (non-hydrogen) atoms. The summed E-state index contributed by atoms with van der Waals surface area (Å²) >= 11 is 0. The van der Waals surface area contributed by atoms with Gasteiger partial charge in [0.25, 0.3) is 0 Å². The molecule has 0 atom stereocenters. The summed E-state index contributed by atoms with van der Waals surface area (Å²) in [5, 5.41) is 7.29. The lowest BCUT2D eigenvalue weighted by Crippen LogP contribution is -2.52. The van der Waals surface area contributed by atoms with Crippen molar-refractivity contribution in [3.63, 3.8) is 0 Å². The van der Waals surface area contributed by atoms with Crippen LogP contribution in [0.3, 0.4) is 0 Å². The van der Waals surface area contributed by atoms with Crippen molar-refractivity contribution >= 4 is 29.9 Å². The lowest BCUT2D eigenvalue weighted by atomic mass is 10.3. The van der Waals surface area contributed by atoms with Gasteiger partial charge in [0, 0.05) is 45.3 Å². The number of nitrogens with zero attached hydrogens (tertiary/aromatic N) is 4. The second-order valence-corrected chi connectivity index (χ2v) is 4.74. The zero-order valence-electron chi connectivity index (χ0n) is 12.5. The van der Waals surface area contributed by atoms with Crippen LogP contribution in [0.4, 0.5) is 0 Å². The van der Waals surface area contributed by atoms with Gasteiger partial charge in [-0.25, -0.2) is 4.99 Å². The van der Waals surface area contributed by atoms with E-state index in [1.807, 2.05) is 12.1 Å². The number of piperazine rings is 1. The van der Waals surface area contributed by atoms with Crippen LogP contribution in [0, 0.1) is 0 Å². The highest BCUT2D eigenvalue weighted by Crippen LogP contribution is 2.07. The average molecular weight is 405 g/mol. The topological polar surface area (TPSA) is 56.9 Å². The molecule has 2 heterocycles. The molecule has 1 aromatic heterocycles. The van der Waals surface area contributed by atoms with Crippen molar-refractivity contribution in [2.45, 2.75) is 13.5 Å². The van der Waals surface area contributed by atoms with E-state index in [2.05, 4.69) is 38.8 Å². The molecule has 0 aliphatic carbocycles. The Morgan fingerprint density at radius 3 is 2.81 bits per heavy atom. The predicted molar refractivity (Wildman–Crippen MR) is 94.9 cm³/mol. The molecule has 0 bridgehead atoms. The van der Waals surface area contributed by atoms with Crippen LogP contribution in [-0.4, -0.2) is 60.2 Å². The highest BCUT2D eigenvalue weighted by atomic mass is 127. The molecule has 0 amide bonds. The van der Waals surface area contributed by atoms with Crippen molar-refractivity contribution in [2.24, 2.45) is 4.99 Å². The van der Waals surface area contributed by atoms with Crippen molar-refractivity contribution in [2.75, 3.05) is 39.3 Å². The van der Waals surface area contributed by atoms with Crippen molar-refractivity contribution < 1.29 is 4.52 Å². The summed E-state index contributed by atoms with van der Waals surface area (Å²) in [4.78, 5) is 9.20. The summed E-state index contributed by atoms with van der Waals surface area (Å²) in [6.45, 7) is 12.1. The number of aliphatic imine (C=N–C) groups is 1. The number of rotatable bonds is 5. The molecule has 7 heteroatoms. The molecular formula is C14H24IN5O. The first-order valence-electron chi connectivity index (χ1n) is 7.09. The third-order valence-electron chi connectivity index (χ3n) is 3.25. The summed E-state index contributed by atoms with van der Waals surface area (Å²) in [7, 11) is 0. The Kier molecular flexibility index (Phi) is 8.36. The van der Waals surface area contributed by atoms with Gasteiger partial charge >= 0.3 is 0 Å². The SMILES string of the molecule is C=CCN=C(NCC)N1CCN(Cc2ccon2)CC1.I. The molecule has 118 valence electrons. The third-order valence-corrected chi connectivity index (χ3v) is 3.25. The second kappa shape index (κ2) is 9.78. The average Bonchev–Trinajstić information content (AvgIpc) is 2.97. The van der Waals surface area contributed by atoms with E-state index in [9.17, 15) is 0 Å². The fourth-order valence-corrected chi connectivity index (χ4v) is 2.24. The van der Waals surface area contributed by atoms with Crippen LogP contribution in [0.25, 0.3) is 0 Å². The summed E-state index contributed by atoms with van der Waals surface area (Å²) < 4.78 is 4.87. The van der Waals surface area contributed by atoms with E-state index >= 15 is 0 Å². The van der Waals surface area contributed by atoms with Crippen LogP contribution < -0.4 is 5.32 Å².